The number of para-hydroxylation sites is 2. The number of phenols is 2. The maximum atomic E-state index is 9.73. The molecule has 22 heavy (non-hydrogen) atoms. The Morgan fingerprint density at radius 2 is 1.32 bits per heavy atom. The lowest BCUT2D eigenvalue weighted by atomic mass is 10.2. The van der Waals surface area contributed by atoms with E-state index in [9.17, 15) is 10.2 Å². The number of hydrogen-bond acceptors (Lipinski definition) is 4. The predicted octanol–water partition coefficient (Wildman–Crippen LogP) is 3.76. The zero-order valence-electron chi connectivity index (χ0n) is 12.6. The van der Waals surface area contributed by atoms with Gasteiger partial charge in [0.25, 0.3) is 0 Å². The van der Waals surface area contributed by atoms with Crippen molar-refractivity contribution >= 4 is 12.4 Å². The van der Waals surface area contributed by atoms with Crippen LogP contribution in [0.1, 0.15) is 30.9 Å². The zero-order chi connectivity index (χ0) is 15.8. The van der Waals surface area contributed by atoms with Crippen molar-refractivity contribution in [2.75, 3.05) is 0 Å². The summed E-state index contributed by atoms with van der Waals surface area (Å²) in [6.07, 6.45) is 4.79. The van der Waals surface area contributed by atoms with Gasteiger partial charge in [0.1, 0.15) is 17.7 Å². The molecule has 114 valence electrons. The molecule has 0 saturated carbocycles. The fraction of sp³-hybridized carbons (Fsp3) is 0.222. The number of rotatable bonds is 6. The van der Waals surface area contributed by atoms with Crippen LogP contribution in [0.2, 0.25) is 0 Å². The molecule has 0 saturated heterocycles. The summed E-state index contributed by atoms with van der Waals surface area (Å²) in [7, 11) is 0. The second-order valence-electron chi connectivity index (χ2n) is 4.94. The van der Waals surface area contributed by atoms with Crippen LogP contribution in [-0.4, -0.2) is 28.8 Å². The van der Waals surface area contributed by atoms with Gasteiger partial charge in [0.05, 0.1) is 0 Å². The Morgan fingerprint density at radius 3 is 1.73 bits per heavy atom. The van der Waals surface area contributed by atoms with E-state index in [0.29, 0.717) is 11.1 Å². The lowest BCUT2D eigenvalue weighted by molar-refractivity contribution is 0.474. The number of phenolic OH excluding ortho intramolecular Hbond substituents is 2. The molecule has 0 heterocycles. The molecular weight excluding hydrogens is 276 g/mol. The lowest BCUT2D eigenvalue weighted by Crippen LogP contribution is -2.02. The van der Waals surface area contributed by atoms with Gasteiger partial charge in [-0.25, -0.2) is 0 Å². The fourth-order valence-corrected chi connectivity index (χ4v) is 1.97. The lowest BCUT2D eigenvalue weighted by Gasteiger charge is -2.06. The van der Waals surface area contributed by atoms with E-state index in [2.05, 4.69) is 16.9 Å². The second-order valence-corrected chi connectivity index (χ2v) is 4.94. The zero-order valence-corrected chi connectivity index (χ0v) is 12.6. The normalized spacial score (nSPS) is 11.7. The van der Waals surface area contributed by atoms with Crippen molar-refractivity contribution in [3.05, 3.63) is 59.7 Å². The molecule has 0 bridgehead atoms. The van der Waals surface area contributed by atoms with Crippen LogP contribution in [0.3, 0.4) is 0 Å². The van der Waals surface area contributed by atoms with Gasteiger partial charge in [-0.1, -0.05) is 37.6 Å². The Bertz CT molecular complexity index is 610. The predicted molar refractivity (Wildman–Crippen MR) is 90.1 cm³/mol. The molecule has 2 aromatic rings. The van der Waals surface area contributed by atoms with Crippen LogP contribution in [0.5, 0.6) is 11.5 Å². The monoisotopic (exact) mass is 296 g/mol. The Morgan fingerprint density at radius 1 is 0.864 bits per heavy atom. The largest absolute Gasteiger partial charge is 0.507 e. The van der Waals surface area contributed by atoms with E-state index in [1.165, 1.54) is 0 Å². The van der Waals surface area contributed by atoms with Crippen molar-refractivity contribution in [2.24, 2.45) is 9.98 Å². The Balaban J connectivity index is 2.13. The standard InChI is InChI=1S/C18H20N2O2/c1-2-7-18(19-12-14-8-3-5-10-16(14)21)20-13-15-9-4-6-11-17(15)22/h3-6,8-13,18,21-22H,2,7H2,1H3/b19-12+,20-13+. The third-order valence-electron chi connectivity index (χ3n) is 3.19. The molecule has 0 aliphatic carbocycles. The molecule has 0 aliphatic rings. The minimum Gasteiger partial charge on any atom is -0.507 e. The molecule has 0 spiro atoms. The average molecular weight is 296 g/mol. The van der Waals surface area contributed by atoms with E-state index >= 15 is 0 Å². The van der Waals surface area contributed by atoms with Gasteiger partial charge >= 0.3 is 0 Å². The van der Waals surface area contributed by atoms with Crippen molar-refractivity contribution in [2.45, 2.75) is 25.9 Å². The fourth-order valence-electron chi connectivity index (χ4n) is 1.97. The van der Waals surface area contributed by atoms with E-state index in [0.717, 1.165) is 12.8 Å². The minimum atomic E-state index is -0.232. The molecule has 2 rings (SSSR count). The first-order valence-electron chi connectivity index (χ1n) is 7.33. The first kappa shape index (κ1) is 15.8. The molecule has 2 aromatic carbocycles. The number of nitrogens with zero attached hydrogens (tertiary/aromatic N) is 2. The van der Waals surface area contributed by atoms with E-state index < -0.39 is 0 Å². The van der Waals surface area contributed by atoms with Gasteiger partial charge in [-0.15, -0.1) is 0 Å². The van der Waals surface area contributed by atoms with Crippen molar-refractivity contribution < 1.29 is 10.2 Å². The smallest absolute Gasteiger partial charge is 0.139 e. The summed E-state index contributed by atoms with van der Waals surface area (Å²) in [5.74, 6) is 0.400. The maximum absolute atomic E-state index is 9.73. The van der Waals surface area contributed by atoms with Gasteiger partial charge < -0.3 is 10.2 Å². The van der Waals surface area contributed by atoms with E-state index in [-0.39, 0.29) is 17.7 Å². The third-order valence-corrected chi connectivity index (χ3v) is 3.19. The molecule has 0 amide bonds. The van der Waals surface area contributed by atoms with Crippen LogP contribution in [0, 0.1) is 0 Å². The first-order chi connectivity index (χ1) is 10.7. The first-order valence-corrected chi connectivity index (χ1v) is 7.33. The topological polar surface area (TPSA) is 65.2 Å². The molecule has 0 fully saturated rings. The number of aromatic hydroxyl groups is 2. The Kier molecular flexibility index (Phi) is 5.72. The van der Waals surface area contributed by atoms with Crippen LogP contribution < -0.4 is 0 Å². The summed E-state index contributed by atoms with van der Waals surface area (Å²) in [5.41, 5.74) is 1.34. The number of hydrogen-bond donors (Lipinski definition) is 2. The minimum absolute atomic E-state index is 0.200. The molecule has 0 aromatic heterocycles. The van der Waals surface area contributed by atoms with E-state index in [4.69, 9.17) is 0 Å². The van der Waals surface area contributed by atoms with Gasteiger partial charge in [0.2, 0.25) is 0 Å². The van der Waals surface area contributed by atoms with Crippen molar-refractivity contribution in [1.82, 2.24) is 0 Å². The molecule has 0 unspecified atom stereocenters. The molecular formula is C18H20N2O2. The molecule has 4 heteroatoms. The van der Waals surface area contributed by atoms with Crippen molar-refractivity contribution in [3.63, 3.8) is 0 Å². The summed E-state index contributed by atoms with van der Waals surface area (Å²) in [4.78, 5) is 8.85. The van der Waals surface area contributed by atoms with Crippen LogP contribution in [0.15, 0.2) is 58.5 Å². The third kappa shape index (κ3) is 4.45. The van der Waals surface area contributed by atoms with E-state index in [1.807, 2.05) is 12.1 Å². The van der Waals surface area contributed by atoms with Crippen LogP contribution >= 0.6 is 0 Å². The van der Waals surface area contributed by atoms with E-state index in [1.54, 1.807) is 48.8 Å². The number of benzene rings is 2. The second kappa shape index (κ2) is 7.98. The van der Waals surface area contributed by atoms with Gasteiger partial charge in [-0.05, 0) is 30.7 Å². The van der Waals surface area contributed by atoms with Gasteiger partial charge in [-0.2, -0.15) is 0 Å². The molecule has 4 nitrogen and oxygen atoms in total. The van der Waals surface area contributed by atoms with Crippen molar-refractivity contribution in [1.29, 1.82) is 0 Å². The highest BCUT2D eigenvalue weighted by atomic mass is 16.3. The highest BCUT2D eigenvalue weighted by Gasteiger charge is 2.03. The van der Waals surface area contributed by atoms with Crippen LogP contribution in [-0.2, 0) is 0 Å². The summed E-state index contributed by atoms with van der Waals surface area (Å²) < 4.78 is 0. The van der Waals surface area contributed by atoms with Gasteiger partial charge in [0.15, 0.2) is 0 Å². The quantitative estimate of drug-likeness (QED) is 0.797. The molecule has 2 N–H and O–H groups in total. The summed E-state index contributed by atoms with van der Waals surface area (Å²) in [6.45, 7) is 2.07. The number of aliphatic imine (C=N–C) groups is 2. The Labute approximate surface area is 130 Å². The maximum Gasteiger partial charge on any atom is 0.139 e. The molecule has 0 atom stereocenters. The van der Waals surface area contributed by atoms with Crippen LogP contribution in [0.4, 0.5) is 0 Å². The highest BCUT2D eigenvalue weighted by Crippen LogP contribution is 2.15. The highest BCUT2D eigenvalue weighted by molar-refractivity contribution is 5.84. The summed E-state index contributed by atoms with van der Waals surface area (Å²) in [6, 6.07) is 14.1. The molecule has 0 radical (unpaired) electrons. The van der Waals surface area contributed by atoms with Gasteiger partial charge in [-0.3, -0.25) is 9.98 Å². The summed E-state index contributed by atoms with van der Waals surface area (Å²) in [5, 5.41) is 19.5. The summed E-state index contributed by atoms with van der Waals surface area (Å²) >= 11 is 0. The SMILES string of the molecule is CCCC(/N=C/c1ccccc1O)/N=C/c1ccccc1O. The molecule has 0 aliphatic heterocycles. The van der Waals surface area contributed by atoms with Crippen molar-refractivity contribution in [3.8, 4) is 11.5 Å². The van der Waals surface area contributed by atoms with Crippen LogP contribution in [0.25, 0.3) is 0 Å². The van der Waals surface area contributed by atoms with Gasteiger partial charge in [0, 0.05) is 23.6 Å². The Hall–Kier alpha value is -2.62. The average Bonchev–Trinajstić information content (AvgIpc) is 2.53.